The van der Waals surface area contributed by atoms with Crippen molar-refractivity contribution in [2.45, 2.75) is 17.9 Å². The SMILES string of the molecule is COc1ccc(C(=O)[C@@H]2[C@H](c3ccc(-c4ccccc4[N+](=O)[O-])o3)NC(=O)N[C@]2(O)C(F)(F)F)cc1. The number of para-hydroxylation sites is 1. The largest absolute Gasteiger partial charge is 0.497 e. The van der Waals surface area contributed by atoms with Crippen LogP contribution in [0.5, 0.6) is 5.75 Å². The number of nitro groups is 1. The number of urea groups is 1. The van der Waals surface area contributed by atoms with Crippen LogP contribution in [0.1, 0.15) is 22.2 Å². The lowest BCUT2D eigenvalue weighted by atomic mass is 9.79. The molecule has 3 atom stereocenters. The highest BCUT2D eigenvalue weighted by Gasteiger charge is 2.66. The minimum Gasteiger partial charge on any atom is -0.497 e. The zero-order chi connectivity index (χ0) is 26.3. The minimum absolute atomic E-state index is 0.0260. The van der Waals surface area contributed by atoms with Crippen LogP contribution in [0.4, 0.5) is 23.7 Å². The molecule has 0 bridgehead atoms. The standard InChI is InChI=1S/C23H18F3N3O7/c1-35-13-8-6-12(7-9-13)20(30)18-19(27-21(31)28-22(18,32)23(24,25)26)17-11-10-16(36-17)14-4-2-3-5-15(14)29(33)34/h2-11,18-19,32H,1H3,(H2,27,28,31)/t18-,19-,22+/m0/s1. The number of hydrogen-bond donors (Lipinski definition) is 3. The number of alkyl halides is 3. The maximum atomic E-state index is 14.1. The van der Waals surface area contributed by atoms with Crippen molar-refractivity contribution in [3.8, 4) is 17.1 Å². The number of furan rings is 1. The maximum Gasteiger partial charge on any atom is 0.437 e. The molecule has 3 N–H and O–H groups in total. The van der Waals surface area contributed by atoms with Gasteiger partial charge in [0.05, 0.1) is 17.6 Å². The van der Waals surface area contributed by atoms with Gasteiger partial charge in [-0.2, -0.15) is 13.2 Å². The van der Waals surface area contributed by atoms with Crippen LogP contribution in [0.15, 0.2) is 65.1 Å². The third kappa shape index (κ3) is 4.24. The number of aliphatic hydroxyl groups is 1. The van der Waals surface area contributed by atoms with Crippen molar-refractivity contribution in [1.29, 1.82) is 0 Å². The summed E-state index contributed by atoms with van der Waals surface area (Å²) < 4.78 is 52.8. The number of nitro benzene ring substituents is 1. The van der Waals surface area contributed by atoms with E-state index in [1.807, 2.05) is 0 Å². The van der Waals surface area contributed by atoms with Crippen LogP contribution >= 0.6 is 0 Å². The van der Waals surface area contributed by atoms with Crippen LogP contribution in [-0.4, -0.2) is 40.9 Å². The molecule has 1 aromatic heterocycles. The summed E-state index contributed by atoms with van der Waals surface area (Å²) in [5.74, 6) is -3.56. The van der Waals surface area contributed by atoms with E-state index in [1.54, 1.807) is 0 Å². The van der Waals surface area contributed by atoms with Crippen molar-refractivity contribution < 1.29 is 41.9 Å². The molecule has 0 spiro atoms. The molecule has 3 aromatic rings. The molecule has 1 fully saturated rings. The second-order valence-corrected chi connectivity index (χ2v) is 7.89. The molecule has 13 heteroatoms. The number of methoxy groups -OCH3 is 1. The molecule has 36 heavy (non-hydrogen) atoms. The van der Waals surface area contributed by atoms with Crippen molar-refractivity contribution in [2.24, 2.45) is 5.92 Å². The highest BCUT2D eigenvalue weighted by atomic mass is 19.4. The molecule has 1 saturated heterocycles. The molecular weight excluding hydrogens is 487 g/mol. The van der Waals surface area contributed by atoms with Gasteiger partial charge in [0, 0.05) is 11.6 Å². The lowest BCUT2D eigenvalue weighted by molar-refractivity contribution is -0.384. The number of carbonyl (C=O) groups is 2. The first-order valence-corrected chi connectivity index (χ1v) is 10.4. The second kappa shape index (κ2) is 9.00. The molecule has 2 amide bonds. The number of amides is 2. The average molecular weight is 505 g/mol. The van der Waals surface area contributed by atoms with E-state index in [0.29, 0.717) is 5.75 Å². The number of nitrogens with zero attached hydrogens (tertiary/aromatic N) is 1. The van der Waals surface area contributed by atoms with Gasteiger partial charge in [0.15, 0.2) is 5.78 Å². The van der Waals surface area contributed by atoms with Gasteiger partial charge < -0.3 is 24.9 Å². The van der Waals surface area contributed by atoms with Crippen LogP contribution in [0.2, 0.25) is 0 Å². The third-order valence-corrected chi connectivity index (χ3v) is 5.76. The fraction of sp³-hybridized carbons (Fsp3) is 0.217. The Balaban J connectivity index is 1.82. The van der Waals surface area contributed by atoms with Crippen LogP contribution in [0.25, 0.3) is 11.3 Å². The molecule has 0 aliphatic carbocycles. The molecule has 4 rings (SSSR count). The second-order valence-electron chi connectivity index (χ2n) is 7.89. The van der Waals surface area contributed by atoms with Gasteiger partial charge in [-0.25, -0.2) is 4.79 Å². The highest BCUT2D eigenvalue weighted by molar-refractivity contribution is 6.00. The number of halogens is 3. The Morgan fingerprint density at radius 3 is 2.42 bits per heavy atom. The van der Waals surface area contributed by atoms with Gasteiger partial charge in [0.2, 0.25) is 5.72 Å². The van der Waals surface area contributed by atoms with Crippen LogP contribution < -0.4 is 15.4 Å². The minimum atomic E-state index is -5.45. The van der Waals surface area contributed by atoms with Gasteiger partial charge in [0.25, 0.3) is 5.69 Å². The van der Waals surface area contributed by atoms with E-state index < -0.39 is 40.6 Å². The smallest absolute Gasteiger partial charge is 0.437 e. The van der Waals surface area contributed by atoms with Gasteiger partial charge >= 0.3 is 12.2 Å². The predicted molar refractivity (Wildman–Crippen MR) is 117 cm³/mol. The van der Waals surface area contributed by atoms with Crippen molar-refractivity contribution in [3.63, 3.8) is 0 Å². The van der Waals surface area contributed by atoms with Crippen LogP contribution in [0.3, 0.4) is 0 Å². The van der Waals surface area contributed by atoms with E-state index in [1.165, 1.54) is 73.1 Å². The Kier molecular flexibility index (Phi) is 6.18. The fourth-order valence-electron chi connectivity index (χ4n) is 4.02. The van der Waals surface area contributed by atoms with Gasteiger partial charge in [-0.1, -0.05) is 12.1 Å². The zero-order valence-electron chi connectivity index (χ0n) is 18.4. The molecule has 0 unspecified atom stereocenters. The number of Topliss-reactive ketones (excluding diaryl/α,β-unsaturated/α-hetero) is 1. The summed E-state index contributed by atoms with van der Waals surface area (Å²) in [6, 6.07) is 9.88. The summed E-state index contributed by atoms with van der Waals surface area (Å²) in [5.41, 5.74) is -4.46. The van der Waals surface area contributed by atoms with E-state index in [0.717, 1.165) is 0 Å². The summed E-state index contributed by atoms with van der Waals surface area (Å²) in [6.07, 6.45) is -5.45. The average Bonchev–Trinajstić information content (AvgIpc) is 3.33. The van der Waals surface area contributed by atoms with Crippen molar-refractivity contribution in [3.05, 3.63) is 82.1 Å². The molecule has 2 heterocycles. The van der Waals surface area contributed by atoms with Gasteiger partial charge in [-0.3, -0.25) is 14.9 Å². The van der Waals surface area contributed by atoms with Crippen LogP contribution in [0, 0.1) is 16.0 Å². The number of rotatable bonds is 6. The normalized spacial score (nSPS) is 21.9. The number of nitrogens with one attached hydrogen (secondary N) is 2. The molecular formula is C23H18F3N3O7. The van der Waals surface area contributed by atoms with E-state index in [2.05, 4.69) is 5.32 Å². The molecule has 2 aromatic carbocycles. The Morgan fingerprint density at radius 2 is 1.81 bits per heavy atom. The highest BCUT2D eigenvalue weighted by Crippen LogP contribution is 2.45. The van der Waals surface area contributed by atoms with Crippen molar-refractivity contribution in [2.75, 3.05) is 7.11 Å². The number of carbonyl (C=O) groups excluding carboxylic acids is 2. The van der Waals surface area contributed by atoms with Gasteiger partial charge in [-0.05, 0) is 42.5 Å². The summed E-state index contributed by atoms with van der Waals surface area (Å²) in [7, 11) is 1.36. The van der Waals surface area contributed by atoms with E-state index in [9.17, 15) is 38.0 Å². The Bertz CT molecular complexity index is 1320. The summed E-state index contributed by atoms with van der Waals surface area (Å²) in [6.45, 7) is 0. The van der Waals surface area contributed by atoms with Gasteiger partial charge in [0.1, 0.15) is 29.2 Å². The van der Waals surface area contributed by atoms with Gasteiger partial charge in [-0.15, -0.1) is 0 Å². The predicted octanol–water partition coefficient (Wildman–Crippen LogP) is 3.97. The van der Waals surface area contributed by atoms with E-state index in [-0.39, 0.29) is 28.3 Å². The topological polar surface area (TPSA) is 144 Å². The molecule has 1 aliphatic rings. The van der Waals surface area contributed by atoms with Crippen molar-refractivity contribution in [1.82, 2.24) is 10.6 Å². The maximum absolute atomic E-state index is 14.1. The Morgan fingerprint density at radius 1 is 1.14 bits per heavy atom. The zero-order valence-corrected chi connectivity index (χ0v) is 18.4. The van der Waals surface area contributed by atoms with E-state index in [4.69, 9.17) is 9.15 Å². The number of ether oxygens (including phenoxy) is 1. The molecule has 0 radical (unpaired) electrons. The first-order chi connectivity index (χ1) is 17.0. The van der Waals surface area contributed by atoms with E-state index >= 15 is 0 Å². The summed E-state index contributed by atoms with van der Waals surface area (Å²) in [5, 5.41) is 25.7. The monoisotopic (exact) mass is 505 g/mol. The molecule has 1 aliphatic heterocycles. The first kappa shape index (κ1) is 24.7. The quantitative estimate of drug-likeness (QED) is 0.261. The number of hydrogen-bond acceptors (Lipinski definition) is 7. The molecule has 188 valence electrons. The summed E-state index contributed by atoms with van der Waals surface area (Å²) >= 11 is 0. The van der Waals surface area contributed by atoms with Crippen molar-refractivity contribution >= 4 is 17.5 Å². The number of ketones is 1. The third-order valence-electron chi connectivity index (χ3n) is 5.76. The lowest BCUT2D eigenvalue weighted by Gasteiger charge is -2.44. The Hall–Kier alpha value is -4.39. The first-order valence-electron chi connectivity index (χ1n) is 10.4. The molecule has 10 nitrogen and oxygen atoms in total. The van der Waals surface area contributed by atoms with Crippen LogP contribution in [-0.2, 0) is 0 Å². The fourth-order valence-corrected chi connectivity index (χ4v) is 4.02. The molecule has 0 saturated carbocycles. The summed E-state index contributed by atoms with van der Waals surface area (Å²) in [4.78, 5) is 36.2. The number of benzene rings is 2. The Labute approximate surface area is 200 Å². The lowest BCUT2D eigenvalue weighted by Crippen LogP contribution is -2.72.